The molecule has 18 heavy (non-hydrogen) atoms. The monoisotopic (exact) mass is 250 g/mol. The first-order valence-electron chi connectivity index (χ1n) is 6.62. The van der Waals surface area contributed by atoms with Crippen molar-refractivity contribution in [1.82, 2.24) is 15.1 Å². The first kappa shape index (κ1) is 13.1. The number of carbonyl (C=O) groups is 1. The summed E-state index contributed by atoms with van der Waals surface area (Å²) >= 11 is 0. The number of aromatic nitrogens is 2. The highest BCUT2D eigenvalue weighted by Crippen LogP contribution is 2.22. The van der Waals surface area contributed by atoms with Gasteiger partial charge in [-0.3, -0.25) is 9.48 Å². The second-order valence-corrected chi connectivity index (χ2v) is 5.19. The van der Waals surface area contributed by atoms with Gasteiger partial charge in [0.2, 0.25) is 0 Å². The summed E-state index contributed by atoms with van der Waals surface area (Å²) in [4.78, 5) is 12.0. The lowest BCUT2D eigenvalue weighted by Gasteiger charge is -2.28. The highest BCUT2D eigenvalue weighted by molar-refractivity contribution is 5.95. The third-order valence-corrected chi connectivity index (χ3v) is 3.97. The Balaban J connectivity index is 1.90. The van der Waals surface area contributed by atoms with Crippen LogP contribution in [0.3, 0.4) is 0 Å². The van der Waals surface area contributed by atoms with Crippen molar-refractivity contribution < 1.29 is 4.79 Å². The van der Waals surface area contributed by atoms with Gasteiger partial charge in [0.05, 0.1) is 11.8 Å². The minimum Gasteiger partial charge on any atom is -0.352 e. The second-order valence-electron chi connectivity index (χ2n) is 5.19. The number of hydrogen-bond donors (Lipinski definition) is 2. The Labute approximate surface area is 108 Å². The molecule has 1 saturated carbocycles. The number of nitrogens with zero attached hydrogens (tertiary/aromatic N) is 2. The molecule has 0 radical (unpaired) electrons. The molecule has 2 unspecified atom stereocenters. The number of amides is 1. The first-order valence-corrected chi connectivity index (χ1v) is 6.62. The predicted octanol–water partition coefficient (Wildman–Crippen LogP) is 0.976. The summed E-state index contributed by atoms with van der Waals surface area (Å²) < 4.78 is 1.71. The van der Waals surface area contributed by atoms with Gasteiger partial charge >= 0.3 is 0 Å². The molecule has 0 aromatic carbocycles. The smallest absolute Gasteiger partial charge is 0.254 e. The van der Waals surface area contributed by atoms with Crippen LogP contribution in [0, 0.1) is 12.8 Å². The number of nitrogens with two attached hydrogens (primary N) is 1. The van der Waals surface area contributed by atoms with E-state index in [9.17, 15) is 4.79 Å². The van der Waals surface area contributed by atoms with Crippen LogP contribution in [0.2, 0.25) is 0 Å². The molecule has 1 aromatic heterocycles. The van der Waals surface area contributed by atoms with E-state index >= 15 is 0 Å². The summed E-state index contributed by atoms with van der Waals surface area (Å²) in [5, 5.41) is 7.06. The zero-order chi connectivity index (χ0) is 13.1. The molecule has 1 aliphatic rings. The molecule has 100 valence electrons. The normalized spacial score (nSPS) is 23.9. The van der Waals surface area contributed by atoms with Crippen LogP contribution in [0.1, 0.15) is 41.7 Å². The zero-order valence-electron chi connectivity index (χ0n) is 11.1. The van der Waals surface area contributed by atoms with Gasteiger partial charge in [0.25, 0.3) is 5.91 Å². The van der Waals surface area contributed by atoms with E-state index in [0.717, 1.165) is 18.5 Å². The van der Waals surface area contributed by atoms with Crippen molar-refractivity contribution >= 4 is 5.91 Å². The van der Waals surface area contributed by atoms with E-state index in [1.165, 1.54) is 12.8 Å². The minimum atomic E-state index is -0.0432. The molecule has 1 aliphatic carbocycles. The molecule has 0 aliphatic heterocycles. The Hall–Kier alpha value is -1.36. The number of aryl methyl sites for hydroxylation is 1. The molecule has 0 saturated heterocycles. The predicted molar refractivity (Wildman–Crippen MR) is 70.2 cm³/mol. The van der Waals surface area contributed by atoms with Gasteiger partial charge < -0.3 is 11.1 Å². The summed E-state index contributed by atoms with van der Waals surface area (Å²) in [6.07, 6.45) is 6.25. The fraction of sp³-hybridized carbons (Fsp3) is 0.692. The second kappa shape index (κ2) is 5.52. The molecular formula is C13H22N4O. The van der Waals surface area contributed by atoms with Gasteiger partial charge in [-0.1, -0.05) is 12.8 Å². The summed E-state index contributed by atoms with van der Waals surface area (Å²) in [5.74, 6) is 0.373. The lowest BCUT2D eigenvalue weighted by atomic mass is 9.85. The van der Waals surface area contributed by atoms with Gasteiger partial charge in [-0.15, -0.1) is 0 Å². The maximum Gasteiger partial charge on any atom is 0.254 e. The minimum absolute atomic E-state index is 0.0432. The maximum absolute atomic E-state index is 12.0. The van der Waals surface area contributed by atoms with Crippen LogP contribution in [0.15, 0.2) is 6.20 Å². The first-order chi connectivity index (χ1) is 8.59. The van der Waals surface area contributed by atoms with E-state index in [4.69, 9.17) is 5.73 Å². The van der Waals surface area contributed by atoms with Crippen molar-refractivity contribution in [3.8, 4) is 0 Å². The molecule has 1 heterocycles. The fourth-order valence-electron chi connectivity index (χ4n) is 2.53. The van der Waals surface area contributed by atoms with Gasteiger partial charge in [0.15, 0.2) is 0 Å². The van der Waals surface area contributed by atoms with Crippen LogP contribution in [-0.4, -0.2) is 28.3 Å². The SMILES string of the molecule is Cc1c(C(=O)NCC2CCCCC2N)cnn1C. The van der Waals surface area contributed by atoms with Crippen molar-refractivity contribution in [3.05, 3.63) is 17.5 Å². The van der Waals surface area contributed by atoms with Crippen molar-refractivity contribution in [2.24, 2.45) is 18.7 Å². The van der Waals surface area contributed by atoms with Crippen molar-refractivity contribution in [2.45, 2.75) is 38.6 Å². The Morgan fingerprint density at radius 1 is 1.56 bits per heavy atom. The van der Waals surface area contributed by atoms with Gasteiger partial charge in [-0.05, 0) is 25.7 Å². The number of rotatable bonds is 3. The molecule has 1 fully saturated rings. The molecule has 5 heteroatoms. The molecule has 0 spiro atoms. The highest BCUT2D eigenvalue weighted by atomic mass is 16.1. The molecule has 0 bridgehead atoms. The molecule has 3 N–H and O–H groups in total. The van der Waals surface area contributed by atoms with E-state index in [1.54, 1.807) is 10.9 Å². The van der Waals surface area contributed by atoms with Crippen molar-refractivity contribution in [1.29, 1.82) is 0 Å². The van der Waals surface area contributed by atoms with E-state index in [0.29, 0.717) is 18.0 Å². The lowest BCUT2D eigenvalue weighted by Crippen LogP contribution is -2.41. The van der Waals surface area contributed by atoms with Crippen LogP contribution in [0.25, 0.3) is 0 Å². The van der Waals surface area contributed by atoms with Crippen LogP contribution < -0.4 is 11.1 Å². The van der Waals surface area contributed by atoms with E-state index in [1.807, 2.05) is 14.0 Å². The van der Waals surface area contributed by atoms with Crippen LogP contribution in [0.4, 0.5) is 0 Å². The van der Waals surface area contributed by atoms with Crippen LogP contribution in [0.5, 0.6) is 0 Å². The average Bonchev–Trinajstić information content (AvgIpc) is 2.69. The lowest BCUT2D eigenvalue weighted by molar-refractivity contribution is 0.0940. The summed E-state index contributed by atoms with van der Waals surface area (Å²) in [6.45, 7) is 2.57. The maximum atomic E-state index is 12.0. The van der Waals surface area contributed by atoms with E-state index in [-0.39, 0.29) is 11.9 Å². The zero-order valence-corrected chi connectivity index (χ0v) is 11.1. The van der Waals surface area contributed by atoms with E-state index < -0.39 is 0 Å². The third kappa shape index (κ3) is 2.72. The largest absolute Gasteiger partial charge is 0.352 e. The van der Waals surface area contributed by atoms with Crippen molar-refractivity contribution in [3.63, 3.8) is 0 Å². The summed E-state index contributed by atoms with van der Waals surface area (Å²) in [5.41, 5.74) is 7.61. The quantitative estimate of drug-likeness (QED) is 0.839. The van der Waals surface area contributed by atoms with E-state index in [2.05, 4.69) is 10.4 Å². The average molecular weight is 250 g/mol. The number of hydrogen-bond acceptors (Lipinski definition) is 3. The van der Waals surface area contributed by atoms with Crippen LogP contribution >= 0.6 is 0 Å². The molecule has 2 atom stereocenters. The Kier molecular flexibility index (Phi) is 4.01. The Morgan fingerprint density at radius 2 is 2.28 bits per heavy atom. The van der Waals surface area contributed by atoms with Gasteiger partial charge in [0.1, 0.15) is 0 Å². The Morgan fingerprint density at radius 3 is 2.89 bits per heavy atom. The van der Waals surface area contributed by atoms with Crippen molar-refractivity contribution in [2.75, 3.05) is 6.54 Å². The summed E-state index contributed by atoms with van der Waals surface area (Å²) in [7, 11) is 1.84. The molecule has 1 aromatic rings. The summed E-state index contributed by atoms with van der Waals surface area (Å²) in [6, 6.07) is 0.231. The topological polar surface area (TPSA) is 72.9 Å². The fourth-order valence-corrected chi connectivity index (χ4v) is 2.53. The molecule has 2 rings (SSSR count). The molecule has 5 nitrogen and oxygen atoms in total. The van der Waals surface area contributed by atoms with Gasteiger partial charge in [-0.25, -0.2) is 0 Å². The number of carbonyl (C=O) groups excluding carboxylic acids is 1. The number of nitrogens with one attached hydrogen (secondary N) is 1. The standard InChI is InChI=1S/C13H22N4O/c1-9-11(8-16-17(9)2)13(18)15-7-10-5-3-4-6-12(10)14/h8,10,12H,3-7,14H2,1-2H3,(H,15,18). The highest BCUT2D eigenvalue weighted by Gasteiger charge is 2.22. The van der Waals surface area contributed by atoms with Gasteiger partial charge in [-0.2, -0.15) is 5.10 Å². The van der Waals surface area contributed by atoms with Gasteiger partial charge in [0, 0.05) is 25.3 Å². The third-order valence-electron chi connectivity index (χ3n) is 3.97. The van der Waals surface area contributed by atoms with Crippen LogP contribution in [-0.2, 0) is 7.05 Å². The Bertz CT molecular complexity index is 427. The molecular weight excluding hydrogens is 228 g/mol. The molecule has 1 amide bonds.